The third kappa shape index (κ3) is 5.31. The number of rotatable bonds is 3. The lowest BCUT2D eigenvalue weighted by Gasteiger charge is -2.23. The van der Waals surface area contributed by atoms with Crippen molar-refractivity contribution < 1.29 is 14.3 Å². The van der Waals surface area contributed by atoms with Crippen molar-refractivity contribution >= 4 is 23.4 Å². The van der Waals surface area contributed by atoms with Gasteiger partial charge in [0.1, 0.15) is 18.4 Å². The van der Waals surface area contributed by atoms with Gasteiger partial charge in [-0.15, -0.1) is 0 Å². The lowest BCUT2D eigenvalue weighted by Crippen LogP contribution is -2.53. The number of allylic oxidation sites excluding steroid dienone is 1. The van der Waals surface area contributed by atoms with E-state index in [1.807, 2.05) is 36.4 Å². The smallest absolute Gasteiger partial charge is 0.252 e. The molecule has 2 bridgehead atoms. The maximum atomic E-state index is 13.2. The number of halogens is 1. The van der Waals surface area contributed by atoms with Crippen LogP contribution in [0, 0.1) is 0 Å². The average Bonchev–Trinajstić information content (AvgIpc) is 3.56. The van der Waals surface area contributed by atoms with Crippen LogP contribution < -0.4 is 21.1 Å². The third-order valence-corrected chi connectivity index (χ3v) is 6.33. The molecule has 2 heterocycles. The molecule has 1 unspecified atom stereocenters. The Hall–Kier alpha value is -2.83. The zero-order chi connectivity index (χ0) is 22.6. The van der Waals surface area contributed by atoms with Gasteiger partial charge >= 0.3 is 0 Å². The fraction of sp³-hybridized carbons (Fsp3) is 0.360. The minimum atomic E-state index is -0.754. The van der Waals surface area contributed by atoms with Gasteiger partial charge < -0.3 is 21.1 Å². The molecule has 0 saturated heterocycles. The first-order valence-electron chi connectivity index (χ1n) is 11.0. The molecule has 1 fully saturated rings. The van der Waals surface area contributed by atoms with E-state index in [1.165, 1.54) is 0 Å². The van der Waals surface area contributed by atoms with Crippen LogP contribution in [0.3, 0.4) is 0 Å². The van der Waals surface area contributed by atoms with Crippen molar-refractivity contribution in [3.8, 4) is 5.75 Å². The summed E-state index contributed by atoms with van der Waals surface area (Å²) in [5.41, 5.74) is 7.84. The lowest BCUT2D eigenvalue weighted by molar-refractivity contribution is -0.123. The normalized spacial score (nSPS) is 20.1. The predicted molar refractivity (Wildman–Crippen MR) is 125 cm³/mol. The van der Waals surface area contributed by atoms with Gasteiger partial charge in [0, 0.05) is 18.5 Å². The van der Waals surface area contributed by atoms with Crippen molar-refractivity contribution in [2.24, 2.45) is 5.73 Å². The molecular weight excluding hydrogens is 426 g/mol. The SMILES string of the molecule is NCC1(NC(=O)C2Cc3ccc(c(Cl)c3)OCC=CCCc3ccccc3C(=O)N2)CC1. The molecule has 1 saturated carbocycles. The molecule has 0 spiro atoms. The zero-order valence-corrected chi connectivity index (χ0v) is 18.7. The molecule has 5 rings (SSSR count). The Labute approximate surface area is 193 Å². The Kier molecular flexibility index (Phi) is 6.82. The van der Waals surface area contributed by atoms with Crippen LogP contribution in [-0.4, -0.2) is 36.5 Å². The van der Waals surface area contributed by atoms with Crippen LogP contribution in [0.4, 0.5) is 0 Å². The molecule has 7 heteroatoms. The molecule has 32 heavy (non-hydrogen) atoms. The van der Waals surface area contributed by atoms with Crippen molar-refractivity contribution in [3.05, 3.63) is 76.3 Å². The number of hydrogen-bond donors (Lipinski definition) is 3. The van der Waals surface area contributed by atoms with E-state index in [2.05, 4.69) is 10.6 Å². The van der Waals surface area contributed by atoms with Gasteiger partial charge in [-0.25, -0.2) is 0 Å². The van der Waals surface area contributed by atoms with Crippen molar-refractivity contribution in [1.82, 2.24) is 10.6 Å². The van der Waals surface area contributed by atoms with Crippen LogP contribution in [0.25, 0.3) is 0 Å². The number of benzene rings is 2. The molecule has 4 N–H and O–H groups in total. The number of hydrogen-bond acceptors (Lipinski definition) is 4. The van der Waals surface area contributed by atoms with Crippen molar-refractivity contribution in [3.63, 3.8) is 0 Å². The highest BCUT2D eigenvalue weighted by Gasteiger charge is 2.43. The Bertz CT molecular complexity index is 1030. The summed E-state index contributed by atoms with van der Waals surface area (Å²) in [6.45, 7) is 0.793. The van der Waals surface area contributed by atoms with E-state index in [9.17, 15) is 9.59 Å². The topological polar surface area (TPSA) is 93.4 Å². The summed E-state index contributed by atoms with van der Waals surface area (Å²) in [6.07, 6.45) is 7.46. The Morgan fingerprint density at radius 2 is 2.03 bits per heavy atom. The monoisotopic (exact) mass is 453 g/mol. The molecule has 2 aromatic rings. The van der Waals surface area contributed by atoms with E-state index in [-0.39, 0.29) is 17.4 Å². The number of fused-ring (bicyclic) bond motifs is 9. The maximum absolute atomic E-state index is 13.2. The molecule has 0 aromatic heterocycles. The molecule has 168 valence electrons. The summed E-state index contributed by atoms with van der Waals surface area (Å²) in [4.78, 5) is 26.4. The second-order valence-corrected chi connectivity index (χ2v) is 8.85. The number of carbonyl (C=O) groups excluding carboxylic acids is 2. The highest BCUT2D eigenvalue weighted by molar-refractivity contribution is 6.32. The average molecular weight is 454 g/mol. The number of amides is 2. The summed E-state index contributed by atoms with van der Waals surface area (Å²) < 4.78 is 5.76. The molecule has 1 atom stereocenters. The van der Waals surface area contributed by atoms with Gasteiger partial charge in [-0.05, 0) is 55.0 Å². The van der Waals surface area contributed by atoms with Crippen LogP contribution in [-0.2, 0) is 17.6 Å². The number of ether oxygens (including phenoxy) is 1. The lowest BCUT2D eigenvalue weighted by atomic mass is 10.00. The molecule has 2 aromatic carbocycles. The third-order valence-electron chi connectivity index (χ3n) is 6.03. The summed E-state index contributed by atoms with van der Waals surface area (Å²) in [5.74, 6) is 0.0855. The van der Waals surface area contributed by atoms with Gasteiger partial charge in [0.25, 0.3) is 5.91 Å². The molecule has 3 aliphatic rings. The number of carbonyl (C=O) groups is 2. The van der Waals surface area contributed by atoms with Gasteiger partial charge in [0.05, 0.1) is 10.6 Å². The van der Waals surface area contributed by atoms with Crippen LogP contribution >= 0.6 is 11.6 Å². The number of nitrogens with one attached hydrogen (secondary N) is 2. The van der Waals surface area contributed by atoms with E-state index in [4.69, 9.17) is 22.1 Å². The summed E-state index contributed by atoms with van der Waals surface area (Å²) in [6, 6.07) is 12.2. The second-order valence-electron chi connectivity index (χ2n) is 8.45. The van der Waals surface area contributed by atoms with Gasteiger partial charge in [0.15, 0.2) is 0 Å². The highest BCUT2D eigenvalue weighted by atomic mass is 35.5. The fourth-order valence-corrected chi connectivity index (χ4v) is 4.13. The van der Waals surface area contributed by atoms with Crippen LogP contribution in [0.1, 0.15) is 40.7 Å². The fourth-order valence-electron chi connectivity index (χ4n) is 3.87. The summed E-state index contributed by atoms with van der Waals surface area (Å²) in [7, 11) is 0. The Morgan fingerprint density at radius 1 is 1.22 bits per heavy atom. The number of nitrogens with two attached hydrogens (primary N) is 1. The first kappa shape index (κ1) is 22.4. The molecule has 6 nitrogen and oxygen atoms in total. The minimum Gasteiger partial charge on any atom is -0.488 e. The standard InChI is InChI=1S/C25H28ClN3O3/c26-20-14-17-9-10-22(20)32-13-5-1-2-6-18-7-3-4-8-19(18)23(30)28-21(15-17)24(31)29-25(16-27)11-12-25/h1,3-5,7-10,14,21H,2,6,11-13,15-16,27H2,(H,28,30)(H,29,31). The first-order valence-corrected chi connectivity index (χ1v) is 11.3. The van der Waals surface area contributed by atoms with Crippen molar-refractivity contribution in [2.75, 3.05) is 13.2 Å². The van der Waals surface area contributed by atoms with Crippen LogP contribution in [0.5, 0.6) is 5.75 Å². The van der Waals surface area contributed by atoms with Gasteiger partial charge in [-0.2, -0.15) is 0 Å². The van der Waals surface area contributed by atoms with Crippen molar-refractivity contribution in [1.29, 1.82) is 0 Å². The Balaban J connectivity index is 1.64. The zero-order valence-electron chi connectivity index (χ0n) is 17.9. The van der Waals surface area contributed by atoms with Gasteiger partial charge in [0.2, 0.25) is 5.91 Å². The van der Waals surface area contributed by atoms with Crippen molar-refractivity contribution in [2.45, 2.75) is 43.7 Å². The minimum absolute atomic E-state index is 0.237. The van der Waals surface area contributed by atoms with Crippen LogP contribution in [0.15, 0.2) is 54.6 Å². The summed E-state index contributed by atoms with van der Waals surface area (Å²) in [5, 5.41) is 6.47. The van der Waals surface area contributed by atoms with E-state index in [0.29, 0.717) is 42.3 Å². The van der Waals surface area contributed by atoms with E-state index >= 15 is 0 Å². The predicted octanol–water partition coefficient (Wildman–Crippen LogP) is 3.17. The largest absolute Gasteiger partial charge is 0.488 e. The van der Waals surface area contributed by atoms with E-state index in [1.54, 1.807) is 18.2 Å². The van der Waals surface area contributed by atoms with Gasteiger partial charge in [-0.1, -0.05) is 48.0 Å². The van der Waals surface area contributed by atoms with E-state index in [0.717, 1.165) is 30.4 Å². The summed E-state index contributed by atoms with van der Waals surface area (Å²) >= 11 is 6.40. The maximum Gasteiger partial charge on any atom is 0.252 e. The van der Waals surface area contributed by atoms with Crippen LogP contribution in [0.2, 0.25) is 5.02 Å². The molecular formula is C25H28ClN3O3. The highest BCUT2D eigenvalue weighted by Crippen LogP contribution is 2.34. The molecule has 1 aliphatic carbocycles. The van der Waals surface area contributed by atoms with Gasteiger partial charge in [-0.3, -0.25) is 9.59 Å². The number of aryl methyl sites for hydroxylation is 1. The molecule has 2 amide bonds. The second kappa shape index (κ2) is 9.76. The Morgan fingerprint density at radius 3 is 2.78 bits per heavy atom. The molecule has 0 radical (unpaired) electrons. The van der Waals surface area contributed by atoms with E-state index < -0.39 is 6.04 Å². The molecule has 2 aliphatic heterocycles. The quantitative estimate of drug-likeness (QED) is 0.622. The first-order chi connectivity index (χ1) is 15.5.